The Morgan fingerprint density at radius 2 is 2.06 bits per heavy atom. The SMILES string of the molecule is CN1CCN(c2cc(N)cc(C(=O)O)c2)C1=O. The molecule has 1 aliphatic rings. The zero-order valence-electron chi connectivity index (χ0n) is 9.38. The van der Waals surface area contributed by atoms with Gasteiger partial charge in [0, 0.05) is 31.5 Å². The van der Waals surface area contributed by atoms with Gasteiger partial charge in [0.05, 0.1) is 5.56 Å². The second-order valence-corrected chi connectivity index (χ2v) is 3.97. The number of carbonyl (C=O) groups excluding carboxylic acids is 1. The fourth-order valence-corrected chi connectivity index (χ4v) is 1.80. The maximum Gasteiger partial charge on any atom is 0.335 e. The first-order chi connectivity index (χ1) is 7.99. The van der Waals surface area contributed by atoms with E-state index in [1.54, 1.807) is 18.0 Å². The van der Waals surface area contributed by atoms with Gasteiger partial charge >= 0.3 is 12.0 Å². The third-order valence-electron chi connectivity index (χ3n) is 2.72. The molecule has 1 aromatic rings. The maximum atomic E-state index is 11.8. The average Bonchev–Trinajstić information content (AvgIpc) is 2.59. The van der Waals surface area contributed by atoms with Crippen LogP contribution in [-0.2, 0) is 0 Å². The summed E-state index contributed by atoms with van der Waals surface area (Å²) in [5, 5.41) is 8.92. The van der Waals surface area contributed by atoms with Crippen LogP contribution in [0.4, 0.5) is 16.2 Å². The number of urea groups is 1. The Hall–Kier alpha value is -2.24. The molecule has 0 unspecified atom stereocenters. The van der Waals surface area contributed by atoms with Crippen LogP contribution >= 0.6 is 0 Å². The Morgan fingerprint density at radius 3 is 2.59 bits per heavy atom. The normalized spacial score (nSPS) is 15.5. The van der Waals surface area contributed by atoms with E-state index in [0.29, 0.717) is 24.5 Å². The summed E-state index contributed by atoms with van der Waals surface area (Å²) in [6, 6.07) is 4.28. The van der Waals surface area contributed by atoms with Crippen LogP contribution < -0.4 is 10.6 Å². The van der Waals surface area contributed by atoms with Crippen molar-refractivity contribution in [2.24, 2.45) is 0 Å². The lowest BCUT2D eigenvalue weighted by atomic mass is 10.1. The monoisotopic (exact) mass is 235 g/mol. The van der Waals surface area contributed by atoms with Gasteiger partial charge in [0.15, 0.2) is 0 Å². The number of benzene rings is 1. The number of carboxylic acids is 1. The topological polar surface area (TPSA) is 86.9 Å². The van der Waals surface area contributed by atoms with Crippen molar-refractivity contribution in [2.75, 3.05) is 30.8 Å². The Bertz CT molecular complexity index is 487. The minimum Gasteiger partial charge on any atom is -0.478 e. The highest BCUT2D eigenvalue weighted by Gasteiger charge is 2.27. The minimum absolute atomic E-state index is 0.0855. The van der Waals surface area contributed by atoms with E-state index in [4.69, 9.17) is 10.8 Å². The highest BCUT2D eigenvalue weighted by Crippen LogP contribution is 2.24. The van der Waals surface area contributed by atoms with E-state index < -0.39 is 5.97 Å². The van der Waals surface area contributed by atoms with Crippen LogP contribution in [0.2, 0.25) is 0 Å². The summed E-state index contributed by atoms with van der Waals surface area (Å²) in [7, 11) is 1.70. The number of anilines is 2. The van der Waals surface area contributed by atoms with Crippen LogP contribution in [0.25, 0.3) is 0 Å². The van der Waals surface area contributed by atoms with Gasteiger partial charge in [-0.3, -0.25) is 4.90 Å². The Balaban J connectivity index is 2.39. The molecule has 17 heavy (non-hydrogen) atoms. The molecule has 6 nitrogen and oxygen atoms in total. The Morgan fingerprint density at radius 1 is 1.35 bits per heavy atom. The standard InChI is InChI=1S/C11H13N3O3/c1-13-2-3-14(11(13)17)9-5-7(10(15)16)4-8(12)6-9/h4-6H,2-3,12H2,1H3,(H,15,16). The van der Waals surface area contributed by atoms with E-state index in [2.05, 4.69) is 0 Å². The predicted molar refractivity (Wildman–Crippen MR) is 63.2 cm³/mol. The molecule has 0 bridgehead atoms. The first-order valence-corrected chi connectivity index (χ1v) is 5.15. The van der Waals surface area contributed by atoms with Gasteiger partial charge in [0.1, 0.15) is 0 Å². The van der Waals surface area contributed by atoms with Crippen LogP contribution in [0.15, 0.2) is 18.2 Å². The van der Waals surface area contributed by atoms with Gasteiger partial charge < -0.3 is 15.7 Å². The summed E-state index contributed by atoms with van der Waals surface area (Å²) in [5.74, 6) is -1.06. The average molecular weight is 235 g/mol. The van der Waals surface area contributed by atoms with Crippen LogP contribution in [-0.4, -0.2) is 42.1 Å². The number of likely N-dealkylation sites (N-methyl/N-ethyl adjacent to an activating group) is 1. The molecule has 1 aliphatic heterocycles. The molecule has 0 saturated carbocycles. The van der Waals surface area contributed by atoms with E-state index >= 15 is 0 Å². The number of hydrogen-bond acceptors (Lipinski definition) is 3. The summed E-state index contributed by atoms with van der Waals surface area (Å²) in [4.78, 5) is 25.7. The molecule has 0 aliphatic carbocycles. The molecule has 2 amide bonds. The fraction of sp³-hybridized carbons (Fsp3) is 0.273. The minimum atomic E-state index is -1.06. The van der Waals surface area contributed by atoms with E-state index in [1.807, 2.05) is 0 Å². The summed E-state index contributed by atoms with van der Waals surface area (Å²) < 4.78 is 0. The molecule has 0 atom stereocenters. The van der Waals surface area contributed by atoms with Crippen LogP contribution in [0.3, 0.4) is 0 Å². The van der Waals surface area contributed by atoms with Gasteiger partial charge in [-0.25, -0.2) is 9.59 Å². The highest BCUT2D eigenvalue weighted by molar-refractivity contribution is 5.97. The highest BCUT2D eigenvalue weighted by atomic mass is 16.4. The zero-order valence-corrected chi connectivity index (χ0v) is 9.38. The molecular weight excluding hydrogens is 222 g/mol. The van der Waals surface area contributed by atoms with Gasteiger partial charge in [-0.2, -0.15) is 0 Å². The van der Waals surface area contributed by atoms with Crippen molar-refractivity contribution in [3.8, 4) is 0 Å². The molecular formula is C11H13N3O3. The van der Waals surface area contributed by atoms with Crippen LogP contribution in [0.1, 0.15) is 10.4 Å². The lowest BCUT2D eigenvalue weighted by molar-refractivity contribution is 0.0697. The van der Waals surface area contributed by atoms with E-state index in [0.717, 1.165) is 0 Å². The van der Waals surface area contributed by atoms with Crippen molar-refractivity contribution < 1.29 is 14.7 Å². The third-order valence-corrected chi connectivity index (χ3v) is 2.72. The zero-order chi connectivity index (χ0) is 12.6. The number of amides is 2. The third kappa shape index (κ3) is 2.01. The first-order valence-electron chi connectivity index (χ1n) is 5.15. The quantitative estimate of drug-likeness (QED) is 0.743. The largest absolute Gasteiger partial charge is 0.478 e. The number of nitrogen functional groups attached to an aromatic ring is 1. The molecule has 3 N–H and O–H groups in total. The number of hydrogen-bond donors (Lipinski definition) is 2. The van der Waals surface area contributed by atoms with E-state index in [-0.39, 0.29) is 11.6 Å². The molecule has 0 aromatic heterocycles. The molecule has 90 valence electrons. The number of nitrogens with two attached hydrogens (primary N) is 1. The van der Waals surface area contributed by atoms with E-state index in [1.165, 1.54) is 17.0 Å². The smallest absolute Gasteiger partial charge is 0.335 e. The lowest BCUT2D eigenvalue weighted by Crippen LogP contribution is -2.29. The van der Waals surface area contributed by atoms with E-state index in [9.17, 15) is 9.59 Å². The molecule has 1 aromatic carbocycles. The fourth-order valence-electron chi connectivity index (χ4n) is 1.80. The summed E-state index contributed by atoms with van der Waals surface area (Å²) in [5.41, 5.74) is 6.58. The number of carboxylic acid groups (broad SMARTS) is 1. The Labute approximate surface area is 98.2 Å². The van der Waals surface area contributed by atoms with Gasteiger partial charge in [-0.15, -0.1) is 0 Å². The van der Waals surface area contributed by atoms with Crippen molar-refractivity contribution in [1.29, 1.82) is 0 Å². The molecule has 1 saturated heterocycles. The molecule has 1 heterocycles. The summed E-state index contributed by atoms with van der Waals surface area (Å²) in [6.07, 6.45) is 0. The molecule has 6 heteroatoms. The molecule has 2 rings (SSSR count). The van der Waals surface area contributed by atoms with Crippen molar-refractivity contribution in [1.82, 2.24) is 4.90 Å². The maximum absolute atomic E-state index is 11.8. The lowest BCUT2D eigenvalue weighted by Gasteiger charge is -2.17. The number of aromatic carboxylic acids is 1. The van der Waals surface area contributed by atoms with Gasteiger partial charge in [-0.1, -0.05) is 0 Å². The van der Waals surface area contributed by atoms with Crippen molar-refractivity contribution in [3.63, 3.8) is 0 Å². The number of rotatable bonds is 2. The summed E-state index contributed by atoms with van der Waals surface area (Å²) >= 11 is 0. The first kappa shape index (κ1) is 11.3. The Kier molecular flexibility index (Phi) is 2.63. The number of nitrogens with zero attached hydrogens (tertiary/aromatic N) is 2. The van der Waals surface area contributed by atoms with Crippen molar-refractivity contribution in [2.45, 2.75) is 0 Å². The van der Waals surface area contributed by atoms with Crippen LogP contribution in [0, 0.1) is 0 Å². The summed E-state index contributed by atoms with van der Waals surface area (Å²) in [6.45, 7) is 1.16. The number of carbonyl (C=O) groups is 2. The second kappa shape index (κ2) is 3.97. The van der Waals surface area contributed by atoms with Crippen LogP contribution in [0.5, 0.6) is 0 Å². The predicted octanol–water partition coefficient (Wildman–Crippen LogP) is 0.839. The van der Waals surface area contributed by atoms with Gasteiger partial charge in [0.25, 0.3) is 0 Å². The molecule has 0 spiro atoms. The molecule has 0 radical (unpaired) electrons. The second-order valence-electron chi connectivity index (χ2n) is 3.97. The van der Waals surface area contributed by atoms with Gasteiger partial charge in [-0.05, 0) is 18.2 Å². The van der Waals surface area contributed by atoms with Crippen molar-refractivity contribution >= 4 is 23.4 Å². The molecule has 1 fully saturated rings. The van der Waals surface area contributed by atoms with Crippen molar-refractivity contribution in [3.05, 3.63) is 23.8 Å². The van der Waals surface area contributed by atoms with Gasteiger partial charge in [0.2, 0.25) is 0 Å².